The molecule has 0 atom stereocenters. The highest BCUT2D eigenvalue weighted by Crippen LogP contribution is 2.26. The third-order valence-electron chi connectivity index (χ3n) is 4.57. The minimum Gasteiger partial charge on any atom is -0.352 e. The summed E-state index contributed by atoms with van der Waals surface area (Å²) >= 11 is 6.19. The Balaban J connectivity index is 2.28. The lowest BCUT2D eigenvalue weighted by Gasteiger charge is -2.26. The first-order valence-corrected chi connectivity index (χ1v) is 11.4. The molecule has 156 valence electrons. The minimum atomic E-state index is -3.68. The Bertz CT molecular complexity index is 820. The number of carbonyl (C=O) groups excluding carboxylic acids is 2. The van der Waals surface area contributed by atoms with Gasteiger partial charge in [-0.2, -0.15) is 4.31 Å². The van der Waals surface area contributed by atoms with Crippen LogP contribution in [0.2, 0.25) is 5.02 Å². The molecule has 0 radical (unpaired) electrons. The summed E-state index contributed by atoms with van der Waals surface area (Å²) < 4.78 is 27.3. The molecule has 1 aliphatic heterocycles. The monoisotopic (exact) mass is 429 g/mol. The highest BCUT2D eigenvalue weighted by Gasteiger charge is 2.28. The molecule has 2 amide bonds. The van der Waals surface area contributed by atoms with Crippen LogP contribution in [0.5, 0.6) is 0 Å². The lowest BCUT2D eigenvalue weighted by atomic mass is 10.2. The highest BCUT2D eigenvalue weighted by molar-refractivity contribution is 7.89. The van der Waals surface area contributed by atoms with Gasteiger partial charge >= 0.3 is 0 Å². The van der Waals surface area contributed by atoms with Crippen LogP contribution in [0.1, 0.15) is 50.4 Å². The van der Waals surface area contributed by atoms with Crippen LogP contribution in [-0.4, -0.2) is 61.7 Å². The maximum atomic E-state index is 12.9. The Hall–Kier alpha value is -1.64. The molecular formula is C19H28ClN3O4S. The van der Waals surface area contributed by atoms with Crippen molar-refractivity contribution in [3.05, 3.63) is 28.8 Å². The van der Waals surface area contributed by atoms with Gasteiger partial charge in [-0.15, -0.1) is 0 Å². The summed E-state index contributed by atoms with van der Waals surface area (Å²) in [6, 6.07) is 4.12. The van der Waals surface area contributed by atoms with Gasteiger partial charge in [-0.1, -0.05) is 18.0 Å². The molecule has 1 saturated heterocycles. The fraction of sp³-hybridized carbons (Fsp3) is 0.579. The van der Waals surface area contributed by atoms with E-state index in [1.54, 1.807) is 6.92 Å². The molecule has 1 aliphatic rings. The zero-order chi connectivity index (χ0) is 20.9. The summed E-state index contributed by atoms with van der Waals surface area (Å²) in [5.41, 5.74) is 0.0824. The van der Waals surface area contributed by atoms with Gasteiger partial charge in [0.15, 0.2) is 0 Å². The first-order chi connectivity index (χ1) is 13.2. The van der Waals surface area contributed by atoms with Crippen molar-refractivity contribution in [3.63, 3.8) is 0 Å². The summed E-state index contributed by atoms with van der Waals surface area (Å²) in [4.78, 5) is 26.4. The number of nitrogens with zero attached hydrogens (tertiary/aromatic N) is 2. The first kappa shape index (κ1) is 22.6. The third-order valence-corrected chi connectivity index (χ3v) is 6.80. The molecule has 0 unspecified atom stereocenters. The molecule has 0 bridgehead atoms. The standard InChI is InChI=1S/C19H28ClN3O4S/c1-4-22(13-18(24)21-14(2)3)19(25)16-12-15(8-9-17(16)20)28(26,27)23-10-6-5-7-11-23/h8-9,12,14H,4-7,10-11,13H2,1-3H3,(H,21,24). The van der Waals surface area contributed by atoms with Crippen molar-refractivity contribution < 1.29 is 18.0 Å². The number of sulfonamides is 1. The van der Waals surface area contributed by atoms with Gasteiger partial charge < -0.3 is 10.2 Å². The molecule has 1 heterocycles. The van der Waals surface area contributed by atoms with Gasteiger partial charge in [-0.3, -0.25) is 9.59 Å². The Morgan fingerprint density at radius 3 is 2.43 bits per heavy atom. The van der Waals surface area contributed by atoms with Crippen LogP contribution < -0.4 is 5.32 Å². The van der Waals surface area contributed by atoms with Gasteiger partial charge in [-0.25, -0.2) is 8.42 Å². The van der Waals surface area contributed by atoms with Crippen molar-refractivity contribution in [2.45, 2.75) is 51.0 Å². The van der Waals surface area contributed by atoms with Crippen molar-refractivity contribution in [3.8, 4) is 0 Å². The van der Waals surface area contributed by atoms with Crippen LogP contribution in [0, 0.1) is 0 Å². The normalized spacial score (nSPS) is 15.5. The fourth-order valence-corrected chi connectivity index (χ4v) is 4.86. The summed E-state index contributed by atoms with van der Waals surface area (Å²) in [5, 5.41) is 2.90. The molecule has 0 aliphatic carbocycles. The number of piperidine rings is 1. The van der Waals surface area contributed by atoms with Crippen molar-refractivity contribution in [2.75, 3.05) is 26.2 Å². The molecular weight excluding hydrogens is 402 g/mol. The van der Waals surface area contributed by atoms with Crippen molar-refractivity contribution in [1.29, 1.82) is 0 Å². The fourth-order valence-electron chi connectivity index (χ4n) is 3.12. The maximum absolute atomic E-state index is 12.9. The largest absolute Gasteiger partial charge is 0.352 e. The summed E-state index contributed by atoms with van der Waals surface area (Å²) in [6.45, 7) is 6.55. The number of carbonyl (C=O) groups is 2. The number of benzene rings is 1. The van der Waals surface area contributed by atoms with Crippen molar-refractivity contribution in [1.82, 2.24) is 14.5 Å². The van der Waals surface area contributed by atoms with Crippen molar-refractivity contribution in [2.24, 2.45) is 0 Å². The minimum absolute atomic E-state index is 0.0390. The number of hydrogen-bond acceptors (Lipinski definition) is 4. The molecule has 28 heavy (non-hydrogen) atoms. The molecule has 2 rings (SSSR count). The predicted molar refractivity (Wildman–Crippen MR) is 109 cm³/mol. The SMILES string of the molecule is CCN(CC(=O)NC(C)C)C(=O)c1cc(S(=O)(=O)N2CCCCC2)ccc1Cl. The van der Waals surface area contributed by atoms with E-state index in [-0.39, 0.29) is 34.0 Å². The van der Waals surface area contributed by atoms with E-state index in [0.29, 0.717) is 19.6 Å². The highest BCUT2D eigenvalue weighted by atomic mass is 35.5. The molecule has 1 aromatic rings. The Morgan fingerprint density at radius 1 is 1.21 bits per heavy atom. The zero-order valence-corrected chi connectivity index (χ0v) is 18.1. The van der Waals surface area contributed by atoms with E-state index < -0.39 is 15.9 Å². The van der Waals surface area contributed by atoms with E-state index in [4.69, 9.17) is 11.6 Å². The van der Waals surface area contributed by atoms with Gasteiger partial charge in [-0.05, 0) is 51.8 Å². The number of likely N-dealkylation sites (N-methyl/N-ethyl adjacent to an activating group) is 1. The number of rotatable bonds is 7. The maximum Gasteiger partial charge on any atom is 0.255 e. The lowest BCUT2D eigenvalue weighted by Crippen LogP contribution is -2.42. The van der Waals surface area contributed by atoms with E-state index in [1.807, 2.05) is 13.8 Å². The van der Waals surface area contributed by atoms with Gasteiger partial charge in [0, 0.05) is 25.7 Å². The number of hydrogen-bond donors (Lipinski definition) is 1. The van der Waals surface area contributed by atoms with Crippen LogP contribution in [-0.2, 0) is 14.8 Å². The van der Waals surface area contributed by atoms with Gasteiger partial charge in [0.05, 0.1) is 22.0 Å². The Labute approximate surface area is 172 Å². The second-order valence-corrected chi connectivity index (χ2v) is 9.49. The van der Waals surface area contributed by atoms with Crippen LogP contribution in [0.3, 0.4) is 0 Å². The van der Waals surface area contributed by atoms with Gasteiger partial charge in [0.25, 0.3) is 5.91 Å². The quantitative estimate of drug-likeness (QED) is 0.721. The van der Waals surface area contributed by atoms with E-state index in [0.717, 1.165) is 19.3 Å². The Kier molecular flexibility index (Phi) is 7.86. The predicted octanol–water partition coefficient (Wildman–Crippen LogP) is 2.50. The van der Waals surface area contributed by atoms with Gasteiger partial charge in [0.1, 0.15) is 0 Å². The topological polar surface area (TPSA) is 86.8 Å². The smallest absolute Gasteiger partial charge is 0.255 e. The van der Waals surface area contributed by atoms with Crippen molar-refractivity contribution >= 4 is 33.4 Å². The molecule has 0 aromatic heterocycles. The first-order valence-electron chi connectivity index (χ1n) is 9.55. The lowest BCUT2D eigenvalue weighted by molar-refractivity contribution is -0.122. The third kappa shape index (κ3) is 5.46. The number of amides is 2. The van der Waals surface area contributed by atoms with Crippen LogP contribution in [0.25, 0.3) is 0 Å². The molecule has 1 fully saturated rings. The van der Waals surface area contributed by atoms with Crippen LogP contribution in [0.15, 0.2) is 23.1 Å². The van der Waals surface area contributed by atoms with Crippen LogP contribution in [0.4, 0.5) is 0 Å². The number of halogens is 1. The molecule has 7 nitrogen and oxygen atoms in total. The average molecular weight is 430 g/mol. The molecule has 0 spiro atoms. The second-order valence-electron chi connectivity index (χ2n) is 7.15. The average Bonchev–Trinajstić information content (AvgIpc) is 2.66. The second kappa shape index (κ2) is 9.71. The molecule has 9 heteroatoms. The Morgan fingerprint density at radius 2 is 1.86 bits per heavy atom. The van der Waals surface area contributed by atoms with E-state index in [1.165, 1.54) is 27.4 Å². The molecule has 1 aromatic carbocycles. The zero-order valence-electron chi connectivity index (χ0n) is 16.6. The summed E-state index contributed by atoms with van der Waals surface area (Å²) in [6.07, 6.45) is 2.67. The van der Waals surface area contributed by atoms with Crippen LogP contribution >= 0.6 is 11.6 Å². The van der Waals surface area contributed by atoms with E-state index >= 15 is 0 Å². The number of nitrogens with one attached hydrogen (secondary N) is 1. The summed E-state index contributed by atoms with van der Waals surface area (Å²) in [5.74, 6) is -0.750. The molecule has 0 saturated carbocycles. The van der Waals surface area contributed by atoms with E-state index in [9.17, 15) is 18.0 Å². The summed E-state index contributed by atoms with van der Waals surface area (Å²) in [7, 11) is -3.68. The van der Waals surface area contributed by atoms with E-state index in [2.05, 4.69) is 5.32 Å². The molecule has 1 N–H and O–H groups in total. The van der Waals surface area contributed by atoms with Gasteiger partial charge in [0.2, 0.25) is 15.9 Å².